The third-order valence-electron chi connectivity index (χ3n) is 11.1. The number of fused-ring (bicyclic) bond motifs is 1. The molecule has 2 aliphatic rings. The molecule has 0 unspecified atom stereocenters. The van der Waals surface area contributed by atoms with E-state index in [1.807, 2.05) is 6.07 Å². The molecule has 74 heavy (non-hydrogen) atoms. The molecule has 2 aliphatic heterocycles. The minimum Gasteiger partial charge on any atom is -0.494 e. The molecule has 0 radical (unpaired) electrons. The van der Waals surface area contributed by atoms with Crippen LogP contribution in [0.25, 0.3) is 17.0 Å². The Morgan fingerprint density at radius 3 is 1.42 bits per heavy atom. The topological polar surface area (TPSA) is 228 Å². The lowest BCUT2D eigenvalue weighted by Gasteiger charge is -2.17. The standard InChI is InChI=1S/C56H54N4O14/c1-35(2)53(63)69-28-8-6-26-67-44-22-14-39(15-23-44)51(61)59-42-18-10-37(11-19-42)30-41(32-57)55(65)73-47-33-71-50-48(34-72-49(47)50)74-56(66)46(58-5)31-38-12-20-43(21-13-38)60-52(62)40-16-24-45(25-17-40)68-27-7-9-29-70-54(64)36(3)4/h10-25,30-31,47-50H,1,3,6-9,26-29,33-34H2,2,4H3,(H,59,61)(H,60,62)/b41-30+,46-31-/t47-,48+,49-,50-/m1/s1. The summed E-state index contributed by atoms with van der Waals surface area (Å²) < 4.78 is 44.4. The summed E-state index contributed by atoms with van der Waals surface area (Å²) in [5.74, 6) is -2.25. The van der Waals surface area contributed by atoms with E-state index in [0.717, 1.165) is 0 Å². The van der Waals surface area contributed by atoms with Crippen molar-refractivity contribution < 1.29 is 66.7 Å². The Hall–Kier alpha value is -8.84. The molecule has 2 heterocycles. The number of rotatable bonds is 24. The molecular weight excluding hydrogens is 953 g/mol. The molecule has 0 spiro atoms. The third kappa shape index (κ3) is 16.1. The van der Waals surface area contributed by atoms with Gasteiger partial charge in [-0.1, -0.05) is 37.4 Å². The van der Waals surface area contributed by atoms with Crippen molar-refractivity contribution in [1.82, 2.24) is 0 Å². The van der Waals surface area contributed by atoms with Crippen LogP contribution < -0.4 is 20.1 Å². The Bertz CT molecular complexity index is 2650. The number of esters is 4. The number of hydrogen-bond donors (Lipinski definition) is 2. The molecule has 18 nitrogen and oxygen atoms in total. The first-order valence-corrected chi connectivity index (χ1v) is 23.5. The first-order chi connectivity index (χ1) is 35.7. The van der Waals surface area contributed by atoms with Crippen molar-refractivity contribution in [3.05, 3.63) is 166 Å². The average Bonchev–Trinajstić information content (AvgIpc) is 4.00. The van der Waals surface area contributed by atoms with Crippen molar-refractivity contribution in [1.29, 1.82) is 5.26 Å². The highest BCUT2D eigenvalue weighted by Crippen LogP contribution is 2.32. The predicted octanol–water partition coefficient (Wildman–Crippen LogP) is 8.24. The van der Waals surface area contributed by atoms with Crippen LogP contribution in [0.5, 0.6) is 11.5 Å². The lowest BCUT2D eigenvalue weighted by Crippen LogP contribution is -2.36. The molecule has 0 aliphatic carbocycles. The summed E-state index contributed by atoms with van der Waals surface area (Å²) in [7, 11) is 0. The van der Waals surface area contributed by atoms with E-state index in [-0.39, 0.29) is 49.5 Å². The van der Waals surface area contributed by atoms with Crippen molar-refractivity contribution in [3.8, 4) is 17.6 Å². The summed E-state index contributed by atoms with van der Waals surface area (Å²) in [6, 6.07) is 28.0. The second-order valence-corrected chi connectivity index (χ2v) is 16.9. The van der Waals surface area contributed by atoms with Gasteiger partial charge in [0.1, 0.15) is 35.3 Å². The minimum absolute atomic E-state index is 0.0938. The normalized spacial score (nSPS) is 16.8. The first kappa shape index (κ1) is 54.5. The van der Waals surface area contributed by atoms with E-state index >= 15 is 0 Å². The maximum atomic E-state index is 13.2. The Morgan fingerprint density at radius 1 is 0.608 bits per heavy atom. The highest BCUT2D eigenvalue weighted by Gasteiger charge is 2.51. The van der Waals surface area contributed by atoms with Crippen molar-refractivity contribution >= 4 is 59.2 Å². The van der Waals surface area contributed by atoms with Crippen LogP contribution in [0.4, 0.5) is 11.4 Å². The summed E-state index contributed by atoms with van der Waals surface area (Å²) >= 11 is 0. The number of nitrogens with zero attached hydrogens (tertiary/aromatic N) is 2. The van der Waals surface area contributed by atoms with Gasteiger partial charge in [-0.15, -0.1) is 0 Å². The van der Waals surface area contributed by atoms with Crippen molar-refractivity contribution in [2.45, 2.75) is 63.9 Å². The largest absolute Gasteiger partial charge is 0.494 e. The molecule has 6 rings (SSSR count). The zero-order valence-electron chi connectivity index (χ0n) is 40.8. The highest BCUT2D eigenvalue weighted by molar-refractivity contribution is 6.05. The van der Waals surface area contributed by atoms with Gasteiger partial charge in [0.05, 0.1) is 46.2 Å². The van der Waals surface area contributed by atoms with Gasteiger partial charge in [0.15, 0.2) is 12.2 Å². The van der Waals surface area contributed by atoms with E-state index < -0.39 is 48.3 Å². The lowest BCUT2D eigenvalue weighted by atomic mass is 10.1. The second kappa shape index (κ2) is 27.1. The molecule has 2 N–H and O–H groups in total. The number of amides is 2. The van der Waals surface area contributed by atoms with Gasteiger partial charge in [-0.25, -0.2) is 19.2 Å². The van der Waals surface area contributed by atoms with Crippen molar-refractivity contribution in [2.24, 2.45) is 0 Å². The molecule has 2 saturated heterocycles. The van der Waals surface area contributed by atoms with Gasteiger partial charge < -0.3 is 48.5 Å². The van der Waals surface area contributed by atoms with E-state index in [9.17, 15) is 34.0 Å². The highest BCUT2D eigenvalue weighted by atomic mass is 16.7. The van der Waals surface area contributed by atoms with Gasteiger partial charge in [-0.2, -0.15) is 5.26 Å². The maximum absolute atomic E-state index is 13.2. The Morgan fingerprint density at radius 2 is 1.01 bits per heavy atom. The molecular formula is C56H54N4O14. The van der Waals surface area contributed by atoms with Gasteiger partial charge in [-0.05, 0) is 136 Å². The fraction of sp³-hybridized carbons (Fsp3) is 0.286. The van der Waals surface area contributed by atoms with Gasteiger partial charge >= 0.3 is 23.9 Å². The predicted molar refractivity (Wildman–Crippen MR) is 270 cm³/mol. The lowest BCUT2D eigenvalue weighted by molar-refractivity contribution is -0.150. The monoisotopic (exact) mass is 1010 g/mol. The molecule has 18 heteroatoms. The number of ether oxygens (including phenoxy) is 8. The van der Waals surface area contributed by atoms with Crippen LogP contribution in [0, 0.1) is 17.9 Å². The molecule has 4 aromatic carbocycles. The van der Waals surface area contributed by atoms with Crippen LogP contribution in [-0.2, 0) is 47.6 Å². The molecule has 4 aromatic rings. The van der Waals surface area contributed by atoms with E-state index in [1.54, 1.807) is 111 Å². The smallest absolute Gasteiger partial charge is 0.349 e. The molecule has 0 aromatic heterocycles. The van der Waals surface area contributed by atoms with Crippen LogP contribution in [0.2, 0.25) is 0 Å². The van der Waals surface area contributed by atoms with Crippen LogP contribution in [0.3, 0.4) is 0 Å². The van der Waals surface area contributed by atoms with Gasteiger partial charge in [-0.3, -0.25) is 14.4 Å². The zero-order chi connectivity index (χ0) is 53.0. The molecule has 4 atom stereocenters. The SMILES string of the molecule is [C-]#[N+]/C(=C\c1ccc(NC(=O)c2ccc(OCCCCOC(=O)C(=C)C)cc2)cc1)C(=O)O[C@H]1CO[C@H]2[C@@H]1OC[C@H]2OC(=O)/C(C#N)=C/c1ccc(NC(=O)c2ccc(OCCCCOC(=O)C(=C)C)cc2)cc1. The van der Waals surface area contributed by atoms with Gasteiger partial charge in [0, 0.05) is 33.6 Å². The summed E-state index contributed by atoms with van der Waals surface area (Å²) in [6.07, 6.45) is 1.83. The minimum atomic E-state index is -0.923. The van der Waals surface area contributed by atoms with Crippen LogP contribution in [0.15, 0.2) is 133 Å². The summed E-state index contributed by atoms with van der Waals surface area (Å²) in [6.45, 7) is 19.1. The maximum Gasteiger partial charge on any atom is 0.349 e. The van der Waals surface area contributed by atoms with Crippen LogP contribution >= 0.6 is 0 Å². The van der Waals surface area contributed by atoms with Crippen LogP contribution in [-0.4, -0.2) is 99.7 Å². The summed E-state index contributed by atoms with van der Waals surface area (Å²) in [4.78, 5) is 78.4. The molecule has 2 fully saturated rings. The van der Waals surface area contributed by atoms with Gasteiger partial charge in [0.2, 0.25) is 0 Å². The molecule has 382 valence electrons. The first-order valence-electron chi connectivity index (χ1n) is 23.5. The van der Waals surface area contributed by atoms with Crippen molar-refractivity contribution in [2.75, 3.05) is 50.3 Å². The Balaban J connectivity index is 0.915. The molecule has 0 saturated carbocycles. The zero-order valence-corrected chi connectivity index (χ0v) is 40.8. The fourth-order valence-corrected chi connectivity index (χ4v) is 7.13. The number of carbonyl (C=O) groups is 6. The second-order valence-electron chi connectivity index (χ2n) is 16.9. The Labute approximate surface area is 427 Å². The number of benzene rings is 4. The number of nitrogens with one attached hydrogen (secondary N) is 2. The van der Waals surface area contributed by atoms with Crippen molar-refractivity contribution in [3.63, 3.8) is 0 Å². The van der Waals surface area contributed by atoms with Gasteiger partial charge in [0.25, 0.3) is 17.5 Å². The Kier molecular flexibility index (Phi) is 20.0. The van der Waals surface area contributed by atoms with E-state index in [1.165, 1.54) is 12.2 Å². The number of nitriles is 1. The number of hydrogen-bond acceptors (Lipinski definition) is 15. The quantitative estimate of drug-likeness (QED) is 0.0168. The number of anilines is 2. The fourth-order valence-electron chi connectivity index (χ4n) is 7.13. The number of unbranched alkanes of at least 4 members (excludes halogenated alkanes) is 2. The average molecular weight is 1010 g/mol. The number of carbonyl (C=O) groups excluding carboxylic acids is 6. The van der Waals surface area contributed by atoms with Crippen LogP contribution in [0.1, 0.15) is 71.4 Å². The van der Waals surface area contributed by atoms with E-state index in [2.05, 4.69) is 28.6 Å². The third-order valence-corrected chi connectivity index (χ3v) is 11.1. The van der Waals surface area contributed by atoms with E-state index in [4.69, 9.17) is 44.5 Å². The molecule has 2 amide bonds. The summed E-state index contributed by atoms with van der Waals surface area (Å²) in [5.41, 5.74) is 2.78. The molecule has 0 bridgehead atoms. The van der Waals surface area contributed by atoms with E-state index in [0.29, 0.717) is 95.2 Å². The summed E-state index contributed by atoms with van der Waals surface area (Å²) in [5, 5.41) is 15.5.